The number of nitrogens with one attached hydrogen (secondary N) is 2. The molecule has 0 bridgehead atoms. The summed E-state index contributed by atoms with van der Waals surface area (Å²) in [6.45, 7) is 8.58. The van der Waals surface area contributed by atoms with Gasteiger partial charge in [-0.2, -0.15) is 11.8 Å². The first kappa shape index (κ1) is 15.8. The number of thioether (sulfide) groups is 1. The minimum atomic E-state index is 0.101. The average molecular weight is 246 g/mol. The Hall–Kier alpha value is -0.220. The van der Waals surface area contributed by atoms with E-state index in [9.17, 15) is 4.79 Å². The number of hydrogen-bond acceptors (Lipinski definition) is 3. The molecule has 0 aromatic carbocycles. The fourth-order valence-electron chi connectivity index (χ4n) is 1.59. The summed E-state index contributed by atoms with van der Waals surface area (Å²) in [5, 5.41) is 6.12. The summed E-state index contributed by atoms with van der Waals surface area (Å²) in [6.07, 6.45) is 5.40. The van der Waals surface area contributed by atoms with Crippen LogP contribution < -0.4 is 10.6 Å². The van der Waals surface area contributed by atoms with Crippen LogP contribution in [-0.4, -0.2) is 36.5 Å². The van der Waals surface area contributed by atoms with Crippen LogP contribution in [0.3, 0.4) is 0 Å². The van der Waals surface area contributed by atoms with Crippen LogP contribution in [0.15, 0.2) is 0 Å². The lowest BCUT2D eigenvalue weighted by Gasteiger charge is -2.29. The van der Waals surface area contributed by atoms with E-state index < -0.39 is 0 Å². The third-order valence-corrected chi connectivity index (χ3v) is 4.61. The average Bonchev–Trinajstić information content (AvgIpc) is 2.33. The highest BCUT2D eigenvalue weighted by atomic mass is 32.2. The summed E-state index contributed by atoms with van der Waals surface area (Å²) < 4.78 is 0.283. The summed E-state index contributed by atoms with van der Waals surface area (Å²) in [4.78, 5) is 11.4. The van der Waals surface area contributed by atoms with Crippen LogP contribution in [0.2, 0.25) is 0 Å². The van der Waals surface area contributed by atoms with Gasteiger partial charge in [-0.25, -0.2) is 0 Å². The van der Waals surface area contributed by atoms with Crippen molar-refractivity contribution >= 4 is 17.7 Å². The quantitative estimate of drug-likeness (QED) is 0.654. The predicted octanol–water partition coefficient (Wildman–Crippen LogP) is 2.02. The second kappa shape index (κ2) is 8.88. The molecule has 0 aromatic heterocycles. The molecular weight excluding hydrogens is 220 g/mol. The molecule has 2 N–H and O–H groups in total. The van der Waals surface area contributed by atoms with E-state index >= 15 is 0 Å². The lowest BCUT2D eigenvalue weighted by Crippen LogP contribution is -2.41. The SMILES string of the molecule is CCCNC(=O)CNCC(CC)(CC)SC. The van der Waals surface area contributed by atoms with Crippen molar-refractivity contribution < 1.29 is 4.79 Å². The van der Waals surface area contributed by atoms with E-state index in [0.29, 0.717) is 6.54 Å². The van der Waals surface area contributed by atoms with Crippen LogP contribution in [0.4, 0.5) is 0 Å². The zero-order valence-electron chi connectivity index (χ0n) is 11.1. The van der Waals surface area contributed by atoms with Crippen molar-refractivity contribution in [3.8, 4) is 0 Å². The molecule has 0 aromatic rings. The number of rotatable bonds is 9. The van der Waals surface area contributed by atoms with Gasteiger partial charge in [0.15, 0.2) is 0 Å². The molecule has 0 aliphatic rings. The van der Waals surface area contributed by atoms with Crippen molar-refractivity contribution in [2.24, 2.45) is 0 Å². The van der Waals surface area contributed by atoms with Crippen molar-refractivity contribution in [1.29, 1.82) is 0 Å². The molecule has 16 heavy (non-hydrogen) atoms. The Kier molecular flexibility index (Phi) is 8.76. The van der Waals surface area contributed by atoms with Gasteiger partial charge in [0.1, 0.15) is 0 Å². The highest BCUT2D eigenvalue weighted by molar-refractivity contribution is 8.00. The van der Waals surface area contributed by atoms with Crippen molar-refractivity contribution in [3.05, 3.63) is 0 Å². The van der Waals surface area contributed by atoms with E-state index in [2.05, 4.69) is 37.7 Å². The van der Waals surface area contributed by atoms with Crippen molar-refractivity contribution in [1.82, 2.24) is 10.6 Å². The Balaban J connectivity index is 3.81. The van der Waals surface area contributed by atoms with Crippen LogP contribution in [-0.2, 0) is 4.79 Å². The third-order valence-electron chi connectivity index (χ3n) is 3.03. The second-order valence-corrected chi connectivity index (χ2v) is 5.32. The van der Waals surface area contributed by atoms with Crippen molar-refractivity contribution in [2.45, 2.75) is 44.8 Å². The number of carbonyl (C=O) groups is 1. The number of amides is 1. The first-order chi connectivity index (χ1) is 7.64. The first-order valence-corrected chi connectivity index (χ1v) is 7.39. The smallest absolute Gasteiger partial charge is 0.233 e. The number of carbonyl (C=O) groups excluding carboxylic acids is 1. The van der Waals surface area contributed by atoms with Gasteiger partial charge in [-0.05, 0) is 25.5 Å². The molecule has 0 aliphatic carbocycles. The lowest BCUT2D eigenvalue weighted by molar-refractivity contribution is -0.120. The third kappa shape index (κ3) is 5.75. The Bertz CT molecular complexity index is 185. The maximum absolute atomic E-state index is 11.4. The topological polar surface area (TPSA) is 41.1 Å². The van der Waals surface area contributed by atoms with Crippen molar-refractivity contribution in [2.75, 3.05) is 25.9 Å². The summed E-state index contributed by atoms with van der Waals surface area (Å²) in [5.74, 6) is 0.101. The fraction of sp³-hybridized carbons (Fsp3) is 0.917. The molecule has 0 spiro atoms. The normalized spacial score (nSPS) is 11.5. The molecule has 0 aliphatic heterocycles. The van der Waals surface area contributed by atoms with E-state index in [0.717, 1.165) is 32.4 Å². The van der Waals surface area contributed by atoms with E-state index in [-0.39, 0.29) is 10.7 Å². The summed E-state index contributed by atoms with van der Waals surface area (Å²) in [5.41, 5.74) is 0. The van der Waals surface area contributed by atoms with Gasteiger partial charge in [-0.1, -0.05) is 20.8 Å². The summed E-state index contributed by atoms with van der Waals surface area (Å²) in [7, 11) is 0. The van der Waals surface area contributed by atoms with E-state index in [1.807, 2.05) is 11.8 Å². The van der Waals surface area contributed by atoms with Crippen LogP contribution in [0.1, 0.15) is 40.0 Å². The maximum atomic E-state index is 11.4. The molecule has 0 fully saturated rings. The molecule has 0 heterocycles. The highest BCUT2D eigenvalue weighted by Gasteiger charge is 2.24. The maximum Gasteiger partial charge on any atom is 0.233 e. The largest absolute Gasteiger partial charge is 0.355 e. The molecule has 0 saturated carbocycles. The van der Waals surface area contributed by atoms with Crippen LogP contribution in [0, 0.1) is 0 Å². The molecule has 1 amide bonds. The van der Waals surface area contributed by atoms with Gasteiger partial charge in [-0.3, -0.25) is 4.79 Å². The number of hydrogen-bond donors (Lipinski definition) is 2. The molecule has 3 nitrogen and oxygen atoms in total. The van der Waals surface area contributed by atoms with E-state index in [4.69, 9.17) is 0 Å². The zero-order valence-corrected chi connectivity index (χ0v) is 11.9. The van der Waals surface area contributed by atoms with Crippen LogP contribution in [0.25, 0.3) is 0 Å². The Labute approximate surface area is 104 Å². The lowest BCUT2D eigenvalue weighted by atomic mass is 10.0. The van der Waals surface area contributed by atoms with Gasteiger partial charge in [-0.15, -0.1) is 0 Å². The molecule has 0 unspecified atom stereocenters. The molecule has 4 heteroatoms. The molecule has 0 radical (unpaired) electrons. The summed E-state index contributed by atoms with van der Waals surface area (Å²) in [6, 6.07) is 0. The molecule has 0 saturated heterocycles. The van der Waals surface area contributed by atoms with Crippen LogP contribution in [0.5, 0.6) is 0 Å². The van der Waals surface area contributed by atoms with E-state index in [1.54, 1.807) is 0 Å². The van der Waals surface area contributed by atoms with E-state index in [1.165, 1.54) is 0 Å². The Morgan fingerprint density at radius 3 is 2.31 bits per heavy atom. The monoisotopic (exact) mass is 246 g/mol. The Morgan fingerprint density at radius 2 is 1.88 bits per heavy atom. The predicted molar refractivity (Wildman–Crippen MR) is 73.0 cm³/mol. The fourth-order valence-corrected chi connectivity index (χ4v) is 2.42. The van der Waals surface area contributed by atoms with Gasteiger partial charge in [0.05, 0.1) is 6.54 Å². The second-order valence-electron chi connectivity index (χ2n) is 4.05. The van der Waals surface area contributed by atoms with Gasteiger partial charge in [0.25, 0.3) is 0 Å². The Morgan fingerprint density at radius 1 is 1.25 bits per heavy atom. The molecule has 0 atom stereocenters. The first-order valence-electron chi connectivity index (χ1n) is 6.16. The zero-order chi connectivity index (χ0) is 12.4. The molecule has 0 rings (SSSR count). The van der Waals surface area contributed by atoms with Gasteiger partial charge in [0, 0.05) is 17.8 Å². The van der Waals surface area contributed by atoms with Gasteiger partial charge < -0.3 is 10.6 Å². The highest BCUT2D eigenvalue weighted by Crippen LogP contribution is 2.29. The summed E-state index contributed by atoms with van der Waals surface area (Å²) >= 11 is 1.89. The molecule has 96 valence electrons. The minimum Gasteiger partial charge on any atom is -0.355 e. The standard InChI is InChI=1S/C12H26N2OS/c1-5-8-14-11(15)9-13-10-12(6-2,7-3)16-4/h13H,5-10H2,1-4H3,(H,14,15). The van der Waals surface area contributed by atoms with Gasteiger partial charge in [0.2, 0.25) is 5.91 Å². The van der Waals surface area contributed by atoms with Gasteiger partial charge >= 0.3 is 0 Å². The minimum absolute atomic E-state index is 0.101. The van der Waals surface area contributed by atoms with Crippen molar-refractivity contribution in [3.63, 3.8) is 0 Å². The van der Waals surface area contributed by atoms with Crippen LogP contribution >= 0.6 is 11.8 Å². The molecular formula is C12H26N2OS.